The minimum Gasteiger partial charge on any atom is -0.481 e. The van der Waals surface area contributed by atoms with E-state index in [1.54, 1.807) is 0 Å². The lowest BCUT2D eigenvalue weighted by Gasteiger charge is -2.10. The monoisotopic (exact) mass is 283 g/mol. The van der Waals surface area contributed by atoms with Crippen molar-refractivity contribution >= 4 is 17.6 Å². The van der Waals surface area contributed by atoms with Crippen LogP contribution in [-0.4, -0.2) is 17.0 Å². The Morgan fingerprint density at radius 1 is 1.00 bits per heavy atom. The zero-order valence-electron chi connectivity index (χ0n) is 11.8. The molecule has 0 saturated carbocycles. The molecule has 21 heavy (non-hydrogen) atoms. The van der Waals surface area contributed by atoms with Gasteiger partial charge in [0.2, 0.25) is 5.91 Å². The molecular weight excluding hydrogens is 266 g/mol. The van der Waals surface area contributed by atoms with Gasteiger partial charge in [0.05, 0.1) is 6.42 Å². The predicted molar refractivity (Wildman–Crippen MR) is 82.1 cm³/mol. The summed E-state index contributed by atoms with van der Waals surface area (Å²) in [7, 11) is 0. The number of hydrogen-bond acceptors (Lipinski definition) is 2. The largest absolute Gasteiger partial charge is 0.481 e. The first kappa shape index (κ1) is 14.8. The summed E-state index contributed by atoms with van der Waals surface area (Å²) in [5.41, 5.74) is 3.85. The highest BCUT2D eigenvalue weighted by Gasteiger charge is 2.08. The second-order valence-corrected chi connectivity index (χ2v) is 4.84. The van der Waals surface area contributed by atoms with Crippen LogP contribution in [0.15, 0.2) is 48.5 Å². The number of hydrogen-bond donors (Lipinski definition) is 2. The number of carboxylic acid groups (broad SMARTS) is 1. The highest BCUT2D eigenvalue weighted by molar-refractivity contribution is 5.93. The topological polar surface area (TPSA) is 66.4 Å². The zero-order chi connectivity index (χ0) is 15.2. The summed E-state index contributed by atoms with van der Waals surface area (Å²) < 4.78 is 0. The smallest absolute Gasteiger partial charge is 0.303 e. The normalized spacial score (nSPS) is 10.1. The van der Waals surface area contributed by atoms with Gasteiger partial charge in [-0.1, -0.05) is 36.4 Å². The van der Waals surface area contributed by atoms with Crippen LogP contribution in [0.3, 0.4) is 0 Å². The maximum absolute atomic E-state index is 11.6. The minimum absolute atomic E-state index is 0.0186. The molecule has 4 heteroatoms. The number of aliphatic carboxylic acids is 1. The number of carboxylic acids is 1. The van der Waals surface area contributed by atoms with E-state index in [-0.39, 0.29) is 18.7 Å². The van der Waals surface area contributed by atoms with Gasteiger partial charge in [0.15, 0.2) is 0 Å². The number of carbonyl (C=O) groups is 2. The SMILES string of the molecule is Cc1cc(-c2ccccc2)ccc1NC(=O)CCC(=O)O. The molecule has 2 rings (SSSR count). The van der Waals surface area contributed by atoms with Crippen LogP contribution in [0.4, 0.5) is 5.69 Å². The molecule has 2 aromatic rings. The third-order valence-corrected chi connectivity index (χ3v) is 3.17. The molecule has 2 aromatic carbocycles. The van der Waals surface area contributed by atoms with Gasteiger partial charge in [-0.25, -0.2) is 0 Å². The summed E-state index contributed by atoms with van der Waals surface area (Å²) in [4.78, 5) is 22.1. The van der Waals surface area contributed by atoms with E-state index in [1.165, 1.54) is 0 Å². The predicted octanol–water partition coefficient (Wildman–Crippen LogP) is 3.47. The summed E-state index contributed by atoms with van der Waals surface area (Å²) in [6, 6.07) is 15.8. The van der Waals surface area contributed by atoms with Crippen molar-refractivity contribution in [3.8, 4) is 11.1 Å². The average Bonchev–Trinajstić information content (AvgIpc) is 2.48. The van der Waals surface area contributed by atoms with Gasteiger partial charge in [0, 0.05) is 12.1 Å². The van der Waals surface area contributed by atoms with Gasteiger partial charge in [-0.2, -0.15) is 0 Å². The van der Waals surface area contributed by atoms with E-state index < -0.39 is 5.97 Å². The lowest BCUT2D eigenvalue weighted by molar-refractivity contribution is -0.138. The molecule has 108 valence electrons. The number of amides is 1. The Kier molecular flexibility index (Phi) is 4.72. The first-order valence-corrected chi connectivity index (χ1v) is 6.74. The van der Waals surface area contributed by atoms with Gasteiger partial charge >= 0.3 is 5.97 Å². The fourth-order valence-electron chi connectivity index (χ4n) is 2.05. The van der Waals surface area contributed by atoms with Crippen molar-refractivity contribution in [1.29, 1.82) is 0 Å². The van der Waals surface area contributed by atoms with Crippen LogP contribution in [0, 0.1) is 6.92 Å². The number of anilines is 1. The summed E-state index contributed by atoms with van der Waals surface area (Å²) >= 11 is 0. The highest BCUT2D eigenvalue weighted by atomic mass is 16.4. The Hall–Kier alpha value is -2.62. The van der Waals surface area contributed by atoms with Crippen molar-refractivity contribution in [2.24, 2.45) is 0 Å². The maximum Gasteiger partial charge on any atom is 0.303 e. The molecule has 0 fully saturated rings. The van der Waals surface area contributed by atoms with E-state index in [9.17, 15) is 9.59 Å². The standard InChI is InChI=1S/C17H17NO3/c1-12-11-14(13-5-3-2-4-6-13)7-8-15(12)18-16(19)9-10-17(20)21/h2-8,11H,9-10H2,1H3,(H,18,19)(H,20,21). The molecule has 0 atom stereocenters. The number of benzene rings is 2. The molecule has 0 aromatic heterocycles. The molecule has 4 nitrogen and oxygen atoms in total. The molecule has 0 spiro atoms. The molecular formula is C17H17NO3. The summed E-state index contributed by atoms with van der Waals surface area (Å²) in [6.45, 7) is 1.92. The molecule has 0 aliphatic carbocycles. The quantitative estimate of drug-likeness (QED) is 0.883. The van der Waals surface area contributed by atoms with Gasteiger partial charge in [-0.05, 0) is 35.7 Å². The molecule has 0 unspecified atom stereocenters. The molecule has 0 saturated heterocycles. The van der Waals surface area contributed by atoms with Crippen molar-refractivity contribution < 1.29 is 14.7 Å². The van der Waals surface area contributed by atoms with Gasteiger partial charge < -0.3 is 10.4 Å². The van der Waals surface area contributed by atoms with E-state index in [0.717, 1.165) is 16.7 Å². The Morgan fingerprint density at radius 3 is 2.33 bits per heavy atom. The van der Waals surface area contributed by atoms with E-state index in [2.05, 4.69) is 5.32 Å². The number of nitrogens with one attached hydrogen (secondary N) is 1. The molecule has 0 heterocycles. The van der Waals surface area contributed by atoms with Crippen LogP contribution in [0.5, 0.6) is 0 Å². The lowest BCUT2D eigenvalue weighted by atomic mass is 10.0. The second-order valence-electron chi connectivity index (χ2n) is 4.84. The first-order valence-electron chi connectivity index (χ1n) is 6.74. The van der Waals surface area contributed by atoms with Crippen LogP contribution in [-0.2, 0) is 9.59 Å². The second kappa shape index (κ2) is 6.70. The lowest BCUT2D eigenvalue weighted by Crippen LogP contribution is -2.13. The van der Waals surface area contributed by atoms with E-state index in [0.29, 0.717) is 5.69 Å². The van der Waals surface area contributed by atoms with E-state index in [4.69, 9.17) is 5.11 Å². The Labute approximate surface area is 123 Å². The Bertz CT molecular complexity index is 650. The van der Waals surface area contributed by atoms with Crippen LogP contribution < -0.4 is 5.32 Å². The van der Waals surface area contributed by atoms with Crippen LogP contribution >= 0.6 is 0 Å². The molecule has 2 N–H and O–H groups in total. The molecule has 0 aliphatic rings. The van der Waals surface area contributed by atoms with Crippen molar-refractivity contribution in [1.82, 2.24) is 0 Å². The van der Waals surface area contributed by atoms with Gasteiger partial charge in [-0.3, -0.25) is 9.59 Å². The number of rotatable bonds is 5. The van der Waals surface area contributed by atoms with Gasteiger partial charge in [0.25, 0.3) is 0 Å². The summed E-state index contributed by atoms with van der Waals surface area (Å²) in [5.74, 6) is -1.26. The molecule has 0 aliphatic heterocycles. The third kappa shape index (κ3) is 4.18. The molecule has 0 bridgehead atoms. The maximum atomic E-state index is 11.6. The fraction of sp³-hybridized carbons (Fsp3) is 0.176. The van der Waals surface area contributed by atoms with Crippen molar-refractivity contribution in [2.75, 3.05) is 5.32 Å². The van der Waals surface area contributed by atoms with E-state index in [1.807, 2.05) is 55.5 Å². The van der Waals surface area contributed by atoms with Gasteiger partial charge in [-0.15, -0.1) is 0 Å². The minimum atomic E-state index is -0.971. The number of aryl methyl sites for hydroxylation is 1. The summed E-state index contributed by atoms with van der Waals surface area (Å²) in [6.07, 6.45) is -0.178. The highest BCUT2D eigenvalue weighted by Crippen LogP contribution is 2.24. The Balaban J connectivity index is 2.09. The third-order valence-electron chi connectivity index (χ3n) is 3.17. The fourth-order valence-corrected chi connectivity index (χ4v) is 2.05. The van der Waals surface area contributed by atoms with Crippen LogP contribution in [0.1, 0.15) is 18.4 Å². The van der Waals surface area contributed by atoms with Crippen molar-refractivity contribution in [2.45, 2.75) is 19.8 Å². The van der Waals surface area contributed by atoms with Crippen molar-refractivity contribution in [3.63, 3.8) is 0 Å². The van der Waals surface area contributed by atoms with Crippen molar-refractivity contribution in [3.05, 3.63) is 54.1 Å². The zero-order valence-corrected chi connectivity index (χ0v) is 11.8. The number of carbonyl (C=O) groups excluding carboxylic acids is 1. The molecule has 1 amide bonds. The van der Waals surface area contributed by atoms with Crippen LogP contribution in [0.2, 0.25) is 0 Å². The van der Waals surface area contributed by atoms with Crippen LogP contribution in [0.25, 0.3) is 11.1 Å². The Morgan fingerprint density at radius 2 is 1.71 bits per heavy atom. The van der Waals surface area contributed by atoms with Gasteiger partial charge in [0.1, 0.15) is 0 Å². The summed E-state index contributed by atoms with van der Waals surface area (Å²) in [5, 5.41) is 11.3. The first-order chi connectivity index (χ1) is 10.1. The van der Waals surface area contributed by atoms with E-state index >= 15 is 0 Å². The molecule has 0 radical (unpaired) electrons. The average molecular weight is 283 g/mol.